The Kier molecular flexibility index (Phi) is 5.76. The second kappa shape index (κ2) is 8.61. The molecule has 7 nitrogen and oxygen atoms in total. The summed E-state index contributed by atoms with van der Waals surface area (Å²) in [5, 5.41) is 2.88. The van der Waals surface area contributed by atoms with E-state index in [2.05, 4.69) is 21.3 Å². The first-order chi connectivity index (χ1) is 14.1. The second-order valence-corrected chi connectivity index (χ2v) is 7.43. The quantitative estimate of drug-likeness (QED) is 0.862. The smallest absolute Gasteiger partial charge is 0.227 e. The molecule has 0 bridgehead atoms. The molecular weight excluding hydrogens is 368 g/mol. The van der Waals surface area contributed by atoms with Gasteiger partial charge in [0.05, 0.1) is 37.6 Å². The molecule has 152 valence electrons. The summed E-state index contributed by atoms with van der Waals surface area (Å²) in [6, 6.07) is 11.6. The van der Waals surface area contributed by atoms with E-state index in [9.17, 15) is 9.59 Å². The van der Waals surface area contributed by atoms with Crippen molar-refractivity contribution >= 4 is 23.3 Å². The van der Waals surface area contributed by atoms with Gasteiger partial charge in [0.15, 0.2) is 0 Å². The number of carbonyl (C=O) groups excluding carboxylic acids is 2. The largest absolute Gasteiger partial charge is 0.378 e. The maximum Gasteiger partial charge on any atom is 0.227 e. The number of morpholine rings is 1. The molecule has 1 aromatic heterocycles. The number of hydrogen-bond acceptors (Lipinski definition) is 5. The highest BCUT2D eigenvalue weighted by Crippen LogP contribution is 2.32. The zero-order valence-electron chi connectivity index (χ0n) is 16.6. The van der Waals surface area contributed by atoms with Crippen molar-refractivity contribution in [1.29, 1.82) is 0 Å². The average Bonchev–Trinajstić information content (AvgIpc) is 2.75. The number of aromatic nitrogens is 1. The second-order valence-electron chi connectivity index (χ2n) is 7.43. The van der Waals surface area contributed by atoms with Crippen LogP contribution in [0.2, 0.25) is 0 Å². The van der Waals surface area contributed by atoms with Gasteiger partial charge in [0.2, 0.25) is 11.8 Å². The van der Waals surface area contributed by atoms with Crippen LogP contribution in [-0.4, -0.2) is 54.5 Å². The Labute approximate surface area is 170 Å². The number of hydrogen-bond donors (Lipinski definition) is 1. The molecule has 4 rings (SSSR count). The number of rotatable bonds is 4. The van der Waals surface area contributed by atoms with Crippen LogP contribution < -0.4 is 10.2 Å². The number of fused-ring (bicyclic) bond motifs is 1. The van der Waals surface area contributed by atoms with Crippen molar-refractivity contribution in [2.24, 2.45) is 0 Å². The summed E-state index contributed by atoms with van der Waals surface area (Å²) in [5.74, 6) is 0.361. The molecule has 0 radical (unpaired) electrons. The Bertz CT molecular complexity index is 878. The van der Waals surface area contributed by atoms with E-state index in [0.29, 0.717) is 25.6 Å². The SMILES string of the molecule is CC(=O)N1CCc2ccccc2C1CC(=O)Nc1ccc(N2CCOCC2)cn1. The lowest BCUT2D eigenvalue weighted by Gasteiger charge is -2.36. The molecule has 1 fully saturated rings. The number of amides is 2. The van der Waals surface area contributed by atoms with Gasteiger partial charge in [-0.1, -0.05) is 24.3 Å². The fourth-order valence-electron chi connectivity index (χ4n) is 4.09. The summed E-state index contributed by atoms with van der Waals surface area (Å²) in [5.41, 5.74) is 3.28. The van der Waals surface area contributed by atoms with Crippen molar-refractivity contribution in [3.05, 3.63) is 53.7 Å². The van der Waals surface area contributed by atoms with E-state index >= 15 is 0 Å². The highest BCUT2D eigenvalue weighted by Gasteiger charge is 2.30. The van der Waals surface area contributed by atoms with E-state index in [1.807, 2.05) is 30.3 Å². The van der Waals surface area contributed by atoms with Crippen LogP contribution in [0, 0.1) is 0 Å². The number of carbonyl (C=O) groups is 2. The van der Waals surface area contributed by atoms with Crippen LogP contribution in [0.4, 0.5) is 11.5 Å². The highest BCUT2D eigenvalue weighted by molar-refractivity contribution is 5.91. The fraction of sp³-hybridized carbons (Fsp3) is 0.409. The van der Waals surface area contributed by atoms with Crippen LogP contribution >= 0.6 is 0 Å². The average molecular weight is 394 g/mol. The zero-order chi connectivity index (χ0) is 20.2. The molecule has 0 spiro atoms. The standard InChI is InChI=1S/C22H26N4O3/c1-16(27)26-9-8-17-4-2-3-5-19(17)20(26)14-22(28)24-21-7-6-18(15-23-21)25-10-12-29-13-11-25/h2-7,15,20H,8-14H2,1H3,(H,23,24,28). The van der Waals surface area contributed by atoms with Gasteiger partial charge in [-0.3, -0.25) is 9.59 Å². The maximum absolute atomic E-state index is 12.7. The number of nitrogens with zero attached hydrogens (tertiary/aromatic N) is 3. The van der Waals surface area contributed by atoms with E-state index in [1.165, 1.54) is 5.56 Å². The minimum Gasteiger partial charge on any atom is -0.378 e. The molecule has 29 heavy (non-hydrogen) atoms. The molecule has 0 saturated carbocycles. The van der Waals surface area contributed by atoms with Gasteiger partial charge >= 0.3 is 0 Å². The Morgan fingerprint density at radius 3 is 2.66 bits per heavy atom. The number of ether oxygens (including phenoxy) is 1. The van der Waals surface area contributed by atoms with Crippen LogP contribution in [0.3, 0.4) is 0 Å². The third kappa shape index (κ3) is 4.40. The molecule has 2 amide bonds. The normalized spacial score (nSPS) is 18.9. The first-order valence-corrected chi connectivity index (χ1v) is 10.1. The molecule has 1 aromatic carbocycles. The number of pyridine rings is 1. The molecule has 2 aromatic rings. The first-order valence-electron chi connectivity index (χ1n) is 10.1. The minimum absolute atomic E-state index is 0.00899. The number of benzene rings is 1. The molecule has 1 saturated heterocycles. The summed E-state index contributed by atoms with van der Waals surface area (Å²) in [7, 11) is 0. The minimum atomic E-state index is -0.245. The summed E-state index contributed by atoms with van der Waals surface area (Å²) in [6.45, 7) is 5.31. The maximum atomic E-state index is 12.7. The van der Waals surface area contributed by atoms with E-state index in [1.54, 1.807) is 18.0 Å². The van der Waals surface area contributed by atoms with Gasteiger partial charge in [0.1, 0.15) is 5.82 Å². The van der Waals surface area contributed by atoms with Crippen LogP contribution in [0.15, 0.2) is 42.6 Å². The zero-order valence-corrected chi connectivity index (χ0v) is 16.6. The van der Waals surface area contributed by atoms with Gasteiger partial charge in [0, 0.05) is 26.6 Å². The lowest BCUT2D eigenvalue weighted by atomic mass is 9.90. The molecule has 1 atom stereocenters. The molecule has 0 aliphatic carbocycles. The molecule has 1 unspecified atom stereocenters. The van der Waals surface area contributed by atoms with Gasteiger partial charge < -0.3 is 19.9 Å². The van der Waals surface area contributed by atoms with Gasteiger partial charge in [-0.05, 0) is 29.7 Å². The Morgan fingerprint density at radius 1 is 1.14 bits per heavy atom. The van der Waals surface area contributed by atoms with Gasteiger partial charge in [0.25, 0.3) is 0 Å². The number of anilines is 2. The van der Waals surface area contributed by atoms with Crippen molar-refractivity contribution < 1.29 is 14.3 Å². The van der Waals surface area contributed by atoms with E-state index in [-0.39, 0.29) is 24.3 Å². The predicted octanol–water partition coefficient (Wildman–Crippen LogP) is 2.39. The molecule has 1 N–H and O–H groups in total. The summed E-state index contributed by atoms with van der Waals surface area (Å²) in [4.78, 5) is 33.2. The Morgan fingerprint density at radius 2 is 1.93 bits per heavy atom. The third-order valence-corrected chi connectivity index (χ3v) is 5.59. The highest BCUT2D eigenvalue weighted by atomic mass is 16.5. The van der Waals surface area contributed by atoms with Crippen LogP contribution in [0.5, 0.6) is 0 Å². The topological polar surface area (TPSA) is 74.8 Å². The first kappa shape index (κ1) is 19.4. The van der Waals surface area contributed by atoms with Crippen LogP contribution in [0.1, 0.15) is 30.5 Å². The number of nitrogens with one attached hydrogen (secondary N) is 1. The van der Waals surface area contributed by atoms with Crippen molar-refractivity contribution in [3.8, 4) is 0 Å². The molecule has 2 aliphatic rings. The van der Waals surface area contributed by atoms with Gasteiger partial charge in [-0.25, -0.2) is 4.98 Å². The van der Waals surface area contributed by atoms with E-state index in [0.717, 1.165) is 30.8 Å². The van der Waals surface area contributed by atoms with E-state index in [4.69, 9.17) is 4.74 Å². The third-order valence-electron chi connectivity index (χ3n) is 5.59. The van der Waals surface area contributed by atoms with Crippen molar-refractivity contribution in [2.75, 3.05) is 43.1 Å². The van der Waals surface area contributed by atoms with E-state index < -0.39 is 0 Å². The Hall–Kier alpha value is -2.93. The van der Waals surface area contributed by atoms with Gasteiger partial charge in [-0.15, -0.1) is 0 Å². The van der Waals surface area contributed by atoms with Gasteiger partial charge in [-0.2, -0.15) is 0 Å². The van der Waals surface area contributed by atoms with Crippen molar-refractivity contribution in [1.82, 2.24) is 9.88 Å². The fourth-order valence-corrected chi connectivity index (χ4v) is 4.09. The predicted molar refractivity (Wildman–Crippen MR) is 111 cm³/mol. The van der Waals surface area contributed by atoms with Crippen LogP contribution in [0.25, 0.3) is 0 Å². The summed E-state index contributed by atoms with van der Waals surface area (Å²) < 4.78 is 5.37. The molecular formula is C22H26N4O3. The lowest BCUT2D eigenvalue weighted by Crippen LogP contribution is -2.40. The molecule has 7 heteroatoms. The monoisotopic (exact) mass is 394 g/mol. The summed E-state index contributed by atoms with van der Waals surface area (Å²) >= 11 is 0. The summed E-state index contributed by atoms with van der Waals surface area (Å²) in [6.07, 6.45) is 2.81. The lowest BCUT2D eigenvalue weighted by molar-refractivity contribution is -0.132. The van der Waals surface area contributed by atoms with Crippen LogP contribution in [-0.2, 0) is 20.7 Å². The van der Waals surface area contributed by atoms with Crippen molar-refractivity contribution in [3.63, 3.8) is 0 Å². The molecule has 2 aliphatic heterocycles. The Balaban J connectivity index is 1.44. The van der Waals surface area contributed by atoms with Crippen molar-refractivity contribution in [2.45, 2.75) is 25.8 Å². The molecule has 3 heterocycles.